The fourth-order valence-corrected chi connectivity index (χ4v) is 5.49. The number of thiazole rings is 1. The molecule has 0 N–H and O–H groups in total. The smallest absolute Gasteiger partial charge is 0.346 e. The van der Waals surface area contributed by atoms with Crippen LogP contribution in [0.3, 0.4) is 0 Å². The van der Waals surface area contributed by atoms with Crippen molar-refractivity contribution in [3.05, 3.63) is 45.8 Å². The standard InChI is InChI=1S/C27H36N3O4S/c1-4-6-7-8-13-30(3)14-11-29(12-15-30)22-10-9-20-16-23(27(32)34-24(20)18-22)26-28-21(19-35-26)17-25(31)33-5-2/h9-10,16,18-19H,4-8,11-15,17H2,1-3H3/q+1. The number of anilines is 1. The first-order valence-corrected chi connectivity index (χ1v) is 13.6. The topological polar surface area (TPSA) is 72.6 Å². The van der Waals surface area contributed by atoms with Gasteiger partial charge in [0.25, 0.3) is 0 Å². The van der Waals surface area contributed by atoms with Gasteiger partial charge in [0.15, 0.2) is 0 Å². The van der Waals surface area contributed by atoms with Crippen molar-refractivity contribution in [2.45, 2.75) is 46.0 Å². The molecule has 1 fully saturated rings. The van der Waals surface area contributed by atoms with Gasteiger partial charge in [-0.2, -0.15) is 0 Å². The number of esters is 1. The molecule has 0 aliphatic carbocycles. The largest absolute Gasteiger partial charge is 0.466 e. The van der Waals surface area contributed by atoms with Gasteiger partial charge in [0.05, 0.1) is 64.1 Å². The van der Waals surface area contributed by atoms with Crippen molar-refractivity contribution in [1.29, 1.82) is 0 Å². The maximum atomic E-state index is 12.8. The predicted octanol–water partition coefficient (Wildman–Crippen LogP) is 4.87. The van der Waals surface area contributed by atoms with Gasteiger partial charge in [-0.1, -0.05) is 19.8 Å². The van der Waals surface area contributed by atoms with Crippen LogP contribution in [0, 0.1) is 0 Å². The summed E-state index contributed by atoms with van der Waals surface area (Å²) >= 11 is 1.33. The summed E-state index contributed by atoms with van der Waals surface area (Å²) < 4.78 is 11.8. The summed E-state index contributed by atoms with van der Waals surface area (Å²) in [6.45, 7) is 9.87. The number of nitrogens with zero attached hydrogens (tertiary/aromatic N) is 3. The Morgan fingerprint density at radius 1 is 1.17 bits per heavy atom. The van der Waals surface area contributed by atoms with Crippen molar-refractivity contribution in [2.75, 3.05) is 51.3 Å². The van der Waals surface area contributed by atoms with Gasteiger partial charge in [0, 0.05) is 22.5 Å². The number of likely N-dealkylation sites (N-methyl/N-ethyl adjacent to an activating group) is 1. The third kappa shape index (κ3) is 6.30. The molecular formula is C27H36N3O4S+. The number of fused-ring (bicyclic) bond motifs is 1. The average molecular weight is 499 g/mol. The Bertz CT molecular complexity index is 1210. The lowest BCUT2D eigenvalue weighted by Crippen LogP contribution is -2.57. The maximum Gasteiger partial charge on any atom is 0.346 e. The van der Waals surface area contributed by atoms with Crippen molar-refractivity contribution >= 4 is 34.0 Å². The number of ether oxygens (including phenoxy) is 1. The average Bonchev–Trinajstić information content (AvgIpc) is 3.30. The van der Waals surface area contributed by atoms with Gasteiger partial charge >= 0.3 is 11.6 Å². The highest BCUT2D eigenvalue weighted by atomic mass is 32.1. The highest BCUT2D eigenvalue weighted by molar-refractivity contribution is 7.13. The molecule has 0 amide bonds. The summed E-state index contributed by atoms with van der Waals surface area (Å²) in [6.07, 6.45) is 5.33. The third-order valence-electron chi connectivity index (χ3n) is 6.87. The van der Waals surface area contributed by atoms with Crippen LogP contribution in [0.15, 0.2) is 38.9 Å². The normalized spacial score (nSPS) is 15.5. The van der Waals surface area contributed by atoms with E-state index in [-0.39, 0.29) is 12.4 Å². The summed E-state index contributed by atoms with van der Waals surface area (Å²) in [4.78, 5) is 31.3. The molecule has 0 atom stereocenters. The minimum Gasteiger partial charge on any atom is -0.466 e. The van der Waals surface area contributed by atoms with E-state index < -0.39 is 5.63 Å². The van der Waals surface area contributed by atoms with E-state index in [1.54, 1.807) is 12.3 Å². The molecule has 8 heteroatoms. The number of aromatic nitrogens is 1. The fraction of sp³-hybridized carbons (Fsp3) is 0.519. The zero-order valence-electron chi connectivity index (χ0n) is 21.0. The molecule has 3 heterocycles. The van der Waals surface area contributed by atoms with Crippen molar-refractivity contribution < 1.29 is 18.4 Å². The number of benzene rings is 1. The number of piperazine rings is 1. The lowest BCUT2D eigenvalue weighted by atomic mass is 10.1. The minimum atomic E-state index is -0.415. The predicted molar refractivity (Wildman–Crippen MR) is 141 cm³/mol. The number of hydrogen-bond acceptors (Lipinski definition) is 7. The van der Waals surface area contributed by atoms with Gasteiger partial charge in [-0.3, -0.25) is 4.79 Å². The molecule has 188 valence electrons. The Balaban J connectivity index is 1.45. The van der Waals surface area contributed by atoms with E-state index in [1.807, 2.05) is 18.2 Å². The second kappa shape index (κ2) is 11.4. The zero-order chi connectivity index (χ0) is 24.8. The van der Waals surface area contributed by atoms with Crippen molar-refractivity contribution in [1.82, 2.24) is 4.98 Å². The van der Waals surface area contributed by atoms with Crippen LogP contribution in [0.2, 0.25) is 0 Å². The zero-order valence-corrected chi connectivity index (χ0v) is 21.9. The minimum absolute atomic E-state index is 0.0962. The van der Waals surface area contributed by atoms with Gasteiger partial charge in [-0.25, -0.2) is 9.78 Å². The Labute approximate surface area is 210 Å². The van der Waals surface area contributed by atoms with Crippen LogP contribution < -0.4 is 10.5 Å². The Morgan fingerprint density at radius 3 is 2.71 bits per heavy atom. The van der Waals surface area contributed by atoms with Crippen molar-refractivity contribution in [2.24, 2.45) is 0 Å². The highest BCUT2D eigenvalue weighted by Gasteiger charge is 2.28. The van der Waals surface area contributed by atoms with E-state index in [0.29, 0.717) is 28.5 Å². The number of hydrogen-bond donors (Lipinski definition) is 0. The number of quaternary nitrogens is 1. The van der Waals surface area contributed by atoms with Gasteiger partial charge < -0.3 is 18.5 Å². The first-order chi connectivity index (χ1) is 16.9. The Hall–Kier alpha value is -2.71. The van der Waals surface area contributed by atoms with E-state index in [4.69, 9.17) is 9.15 Å². The Morgan fingerprint density at radius 2 is 1.97 bits per heavy atom. The molecule has 35 heavy (non-hydrogen) atoms. The van der Waals surface area contributed by atoms with Gasteiger partial charge in [-0.15, -0.1) is 11.3 Å². The summed E-state index contributed by atoms with van der Waals surface area (Å²) in [6, 6.07) is 7.93. The van der Waals surface area contributed by atoms with E-state index in [9.17, 15) is 9.59 Å². The van der Waals surface area contributed by atoms with Crippen LogP contribution in [0.4, 0.5) is 5.69 Å². The van der Waals surface area contributed by atoms with E-state index in [1.165, 1.54) is 43.6 Å². The lowest BCUT2D eigenvalue weighted by molar-refractivity contribution is -0.910. The summed E-state index contributed by atoms with van der Waals surface area (Å²) in [5, 5.41) is 3.20. The summed E-state index contributed by atoms with van der Waals surface area (Å²) in [5.41, 5.74) is 2.28. The third-order valence-corrected chi connectivity index (χ3v) is 7.79. The Kier molecular flexibility index (Phi) is 8.23. The van der Waals surface area contributed by atoms with Crippen molar-refractivity contribution in [3.63, 3.8) is 0 Å². The second-order valence-electron chi connectivity index (χ2n) is 9.63. The SMILES string of the molecule is CCCCCC[N+]1(C)CCN(c2ccc3cc(-c4nc(CC(=O)OCC)cs4)c(=O)oc3c2)CC1. The molecule has 0 radical (unpaired) electrons. The molecule has 1 saturated heterocycles. The molecule has 4 rings (SSSR count). The first kappa shape index (κ1) is 25.4. The maximum absolute atomic E-state index is 12.8. The van der Waals surface area contributed by atoms with E-state index >= 15 is 0 Å². The highest BCUT2D eigenvalue weighted by Crippen LogP contribution is 2.28. The van der Waals surface area contributed by atoms with Crippen LogP contribution in [0.5, 0.6) is 0 Å². The summed E-state index contributed by atoms with van der Waals surface area (Å²) in [7, 11) is 2.38. The molecule has 7 nitrogen and oxygen atoms in total. The molecule has 2 aromatic heterocycles. The second-order valence-corrected chi connectivity index (χ2v) is 10.5. The van der Waals surface area contributed by atoms with Gasteiger partial charge in [-0.05, 0) is 38.0 Å². The lowest BCUT2D eigenvalue weighted by Gasteiger charge is -2.43. The van der Waals surface area contributed by atoms with E-state index in [0.717, 1.165) is 41.7 Å². The molecule has 1 aromatic carbocycles. The molecule has 0 bridgehead atoms. The number of unbranched alkanes of at least 4 members (excludes halogenated alkanes) is 3. The van der Waals surface area contributed by atoms with Crippen LogP contribution in [-0.4, -0.2) is 61.8 Å². The fourth-order valence-electron chi connectivity index (χ4n) is 4.67. The molecule has 1 aliphatic rings. The molecule has 3 aromatic rings. The molecule has 0 spiro atoms. The number of carbonyl (C=O) groups is 1. The molecular weight excluding hydrogens is 462 g/mol. The van der Waals surface area contributed by atoms with E-state index in [2.05, 4.69) is 29.9 Å². The van der Waals surface area contributed by atoms with Crippen LogP contribution in [0.1, 0.15) is 45.2 Å². The van der Waals surface area contributed by atoms with Crippen LogP contribution >= 0.6 is 11.3 Å². The number of rotatable bonds is 10. The number of carbonyl (C=O) groups excluding carboxylic acids is 1. The van der Waals surface area contributed by atoms with Gasteiger partial charge in [0.2, 0.25) is 0 Å². The molecule has 1 aliphatic heterocycles. The first-order valence-electron chi connectivity index (χ1n) is 12.7. The quantitative estimate of drug-likeness (QED) is 0.172. The van der Waals surface area contributed by atoms with Crippen LogP contribution in [0.25, 0.3) is 21.5 Å². The van der Waals surface area contributed by atoms with Crippen molar-refractivity contribution in [3.8, 4) is 10.6 Å². The summed E-state index contributed by atoms with van der Waals surface area (Å²) in [5.74, 6) is -0.323. The molecule has 0 unspecified atom stereocenters. The van der Waals surface area contributed by atoms with Crippen LogP contribution in [-0.2, 0) is 16.0 Å². The monoisotopic (exact) mass is 498 g/mol. The van der Waals surface area contributed by atoms with Gasteiger partial charge in [0.1, 0.15) is 10.6 Å². The molecule has 0 saturated carbocycles.